The Labute approximate surface area is 248 Å². The highest BCUT2D eigenvalue weighted by atomic mass is 16.3. The third-order valence-electron chi connectivity index (χ3n) is 7.95. The van der Waals surface area contributed by atoms with Crippen LogP contribution in [0.5, 0.6) is 0 Å². The predicted octanol–water partition coefficient (Wildman–Crippen LogP) is 10.3. The molecule has 0 aliphatic heterocycles. The van der Waals surface area contributed by atoms with Crippen LogP contribution in [-0.2, 0) is 13.4 Å². The van der Waals surface area contributed by atoms with Gasteiger partial charge in [-0.1, -0.05) is 87.5 Å². The Bertz CT molecular complexity index is 2330. The van der Waals surface area contributed by atoms with Crippen molar-refractivity contribution in [2.75, 3.05) is 0 Å². The maximum Gasteiger partial charge on any atom is 0.216 e. The summed E-state index contributed by atoms with van der Waals surface area (Å²) >= 11 is 0. The van der Waals surface area contributed by atoms with Crippen LogP contribution in [0, 0.1) is 19.2 Å². The maximum atomic E-state index is 9.08. The van der Waals surface area contributed by atoms with E-state index in [1.165, 1.54) is 5.56 Å². The van der Waals surface area contributed by atoms with Crippen LogP contribution in [0.3, 0.4) is 0 Å². The van der Waals surface area contributed by atoms with Gasteiger partial charge in [0, 0.05) is 29.3 Å². The molecule has 5 aromatic carbocycles. The van der Waals surface area contributed by atoms with Crippen molar-refractivity contribution >= 4 is 43.5 Å². The summed E-state index contributed by atoms with van der Waals surface area (Å²) in [5.41, 5.74) is 5.59. The summed E-state index contributed by atoms with van der Waals surface area (Å²) in [6.07, 6.45) is -0.347. The minimum Gasteiger partial charge on any atom is -0.455 e. The molecule has 2 aromatic heterocycles. The number of furan rings is 1. The molecule has 0 aliphatic rings. The first-order valence-corrected chi connectivity index (χ1v) is 14.1. The normalized spacial score (nSPS) is 14.7. The van der Waals surface area contributed by atoms with Crippen molar-refractivity contribution in [3.8, 4) is 22.4 Å². The first-order chi connectivity index (χ1) is 21.6. The van der Waals surface area contributed by atoms with Crippen LogP contribution in [0.4, 0.5) is 0 Å². The molecular formula is C39H36NO+. The molecule has 0 bridgehead atoms. The van der Waals surface area contributed by atoms with Gasteiger partial charge in [0.2, 0.25) is 5.69 Å². The topological polar surface area (TPSA) is 17.0 Å². The Balaban J connectivity index is 1.50. The highest BCUT2D eigenvalue weighted by Gasteiger charge is 2.24. The summed E-state index contributed by atoms with van der Waals surface area (Å²) in [5.74, 6) is 0. The molecule has 0 amide bonds. The second kappa shape index (κ2) is 9.31. The lowest BCUT2D eigenvalue weighted by Crippen LogP contribution is -2.32. The number of hydrogen-bond acceptors (Lipinski definition) is 1. The fourth-order valence-electron chi connectivity index (χ4n) is 6.02. The van der Waals surface area contributed by atoms with Gasteiger partial charge in [0.05, 0.1) is 5.56 Å². The van der Waals surface area contributed by atoms with Crippen molar-refractivity contribution in [1.29, 1.82) is 0 Å². The van der Waals surface area contributed by atoms with Gasteiger partial charge in [-0.25, -0.2) is 4.57 Å². The number of benzene rings is 5. The van der Waals surface area contributed by atoms with E-state index in [1.54, 1.807) is 37.6 Å². The zero-order chi connectivity index (χ0) is 32.8. The summed E-state index contributed by atoms with van der Waals surface area (Å²) < 4.78 is 51.4. The van der Waals surface area contributed by atoms with Gasteiger partial charge in [-0.15, -0.1) is 0 Å². The van der Waals surface area contributed by atoms with Crippen LogP contribution in [0.25, 0.3) is 65.9 Å². The second-order valence-corrected chi connectivity index (χ2v) is 12.1. The molecule has 2 heteroatoms. The summed E-state index contributed by atoms with van der Waals surface area (Å²) in [6.45, 7) is 4.92. The molecule has 0 spiro atoms. The second-order valence-electron chi connectivity index (χ2n) is 12.1. The third-order valence-corrected chi connectivity index (χ3v) is 7.95. The molecule has 202 valence electrons. The lowest BCUT2D eigenvalue weighted by Gasteiger charge is -2.19. The van der Waals surface area contributed by atoms with Gasteiger partial charge in [-0.05, 0) is 87.6 Å². The number of aryl methyl sites for hydroxylation is 3. The van der Waals surface area contributed by atoms with Crippen LogP contribution in [0.2, 0.25) is 0 Å². The minimum atomic E-state index is -2.48. The van der Waals surface area contributed by atoms with Gasteiger partial charge < -0.3 is 4.42 Å². The molecule has 0 radical (unpaired) electrons. The van der Waals surface area contributed by atoms with Gasteiger partial charge in [0.15, 0.2) is 6.20 Å². The first kappa shape index (κ1) is 20.4. The van der Waals surface area contributed by atoms with E-state index < -0.39 is 18.6 Å². The van der Waals surface area contributed by atoms with E-state index in [0.717, 1.165) is 54.6 Å². The molecule has 0 saturated heterocycles. The molecule has 2 nitrogen and oxygen atoms in total. The van der Waals surface area contributed by atoms with E-state index in [4.69, 9.17) is 11.3 Å². The van der Waals surface area contributed by atoms with Crippen molar-refractivity contribution in [2.24, 2.45) is 12.5 Å². The molecule has 41 heavy (non-hydrogen) atoms. The van der Waals surface area contributed by atoms with E-state index in [-0.39, 0.29) is 11.1 Å². The molecule has 0 fully saturated rings. The van der Waals surface area contributed by atoms with Gasteiger partial charge in [0.25, 0.3) is 0 Å². The van der Waals surface area contributed by atoms with Gasteiger partial charge in [0.1, 0.15) is 18.2 Å². The number of pyridine rings is 1. The largest absolute Gasteiger partial charge is 0.455 e. The average Bonchev–Trinajstić information content (AvgIpc) is 3.36. The highest BCUT2D eigenvalue weighted by molar-refractivity contribution is 6.18. The standard InChI is InChI=1S/C39H36NO/c1-24-12-17-31-34-19-29-16-14-27-13-15-28(26-10-8-7-9-11-26)18-32(27)33(29)21-36(34)41-38(31)37(24)35-20-30(22-39(3,4)5)25(2)23-40(35)6/h7-21,23H,22H2,1-6H3/q+1/i2D3,22D2. The number of rotatable bonds is 3. The number of nitrogens with zero attached hydrogens (tertiary/aromatic N) is 1. The van der Waals surface area contributed by atoms with Gasteiger partial charge in [-0.2, -0.15) is 0 Å². The minimum absolute atomic E-state index is 0.0149. The third kappa shape index (κ3) is 4.39. The predicted molar refractivity (Wildman–Crippen MR) is 173 cm³/mol. The summed E-state index contributed by atoms with van der Waals surface area (Å²) in [4.78, 5) is 0. The van der Waals surface area contributed by atoms with Crippen LogP contribution in [0.15, 0.2) is 102 Å². The smallest absolute Gasteiger partial charge is 0.216 e. The van der Waals surface area contributed by atoms with E-state index in [9.17, 15) is 0 Å². The summed E-state index contributed by atoms with van der Waals surface area (Å²) in [7, 11) is 1.81. The van der Waals surface area contributed by atoms with Crippen molar-refractivity contribution in [3.63, 3.8) is 0 Å². The molecular weight excluding hydrogens is 498 g/mol. The molecule has 0 aliphatic carbocycles. The Morgan fingerprint density at radius 1 is 0.756 bits per heavy atom. The molecule has 0 unspecified atom stereocenters. The zero-order valence-corrected chi connectivity index (χ0v) is 24.1. The van der Waals surface area contributed by atoms with Crippen LogP contribution >= 0.6 is 0 Å². The fourth-order valence-corrected chi connectivity index (χ4v) is 6.02. The fraction of sp³-hybridized carbons (Fsp3) is 0.205. The Hall–Kier alpha value is -4.43. The van der Waals surface area contributed by atoms with Gasteiger partial charge >= 0.3 is 0 Å². The highest BCUT2D eigenvalue weighted by Crippen LogP contribution is 2.40. The average molecular weight is 540 g/mol. The van der Waals surface area contributed by atoms with Crippen molar-refractivity contribution in [1.82, 2.24) is 0 Å². The van der Waals surface area contributed by atoms with Crippen molar-refractivity contribution in [3.05, 3.63) is 114 Å². The number of aromatic nitrogens is 1. The molecule has 7 rings (SSSR count). The van der Waals surface area contributed by atoms with Crippen molar-refractivity contribution in [2.45, 2.75) is 40.9 Å². The lowest BCUT2D eigenvalue weighted by atomic mass is 9.86. The molecule has 2 heterocycles. The first-order valence-electron chi connectivity index (χ1n) is 16.6. The monoisotopic (exact) mass is 539 g/mol. The molecule has 0 saturated carbocycles. The quantitative estimate of drug-likeness (QED) is 0.161. The Kier molecular flexibility index (Phi) is 4.64. The number of fused-ring (bicyclic) bond motifs is 6. The van der Waals surface area contributed by atoms with Crippen LogP contribution in [0.1, 0.15) is 44.3 Å². The summed E-state index contributed by atoms with van der Waals surface area (Å²) in [6, 6.07) is 31.4. The summed E-state index contributed by atoms with van der Waals surface area (Å²) in [5, 5.41) is 6.47. The number of hydrogen-bond donors (Lipinski definition) is 0. The van der Waals surface area contributed by atoms with E-state index in [2.05, 4.69) is 78.9 Å². The molecule has 0 atom stereocenters. The van der Waals surface area contributed by atoms with Crippen LogP contribution < -0.4 is 4.57 Å². The van der Waals surface area contributed by atoms with E-state index in [1.807, 2.05) is 20.0 Å². The van der Waals surface area contributed by atoms with Crippen molar-refractivity contribution < 1.29 is 15.8 Å². The molecule has 7 aromatic rings. The van der Waals surface area contributed by atoms with Gasteiger partial charge in [-0.3, -0.25) is 0 Å². The lowest BCUT2D eigenvalue weighted by molar-refractivity contribution is -0.660. The Morgan fingerprint density at radius 3 is 2.29 bits per heavy atom. The van der Waals surface area contributed by atoms with E-state index in [0.29, 0.717) is 11.3 Å². The Morgan fingerprint density at radius 2 is 1.51 bits per heavy atom. The SMILES string of the molecule is [2H]C([2H])([2H])c1c[n+](C)c(-c2c(C)ccc3c2oc2cc4c(ccc5ccc(-c6ccccc6)cc54)cc23)cc1C([2H])([2H])C(C)(C)C. The zero-order valence-electron chi connectivity index (χ0n) is 29.1. The molecule has 0 N–H and O–H groups in total. The van der Waals surface area contributed by atoms with Crippen LogP contribution in [-0.4, -0.2) is 0 Å². The maximum absolute atomic E-state index is 9.08. The van der Waals surface area contributed by atoms with E-state index >= 15 is 0 Å².